The lowest BCUT2D eigenvalue weighted by Crippen LogP contribution is -2.29. The van der Waals surface area contributed by atoms with Gasteiger partial charge in [0, 0.05) is 12.5 Å². The Labute approximate surface area is 118 Å². The van der Waals surface area contributed by atoms with Gasteiger partial charge in [-0.2, -0.15) is 12.6 Å². The maximum atomic E-state index is 5.76. The minimum absolute atomic E-state index is 0.249. The first-order valence-corrected chi connectivity index (χ1v) is 7.63. The second kappa shape index (κ2) is 12.3. The van der Waals surface area contributed by atoms with E-state index in [1.165, 1.54) is 25.7 Å². The Bertz CT molecular complexity index is 170. The first kappa shape index (κ1) is 18.2. The average Bonchev–Trinajstić information content (AvgIpc) is 2.38. The van der Waals surface area contributed by atoms with Gasteiger partial charge in [-0.25, -0.2) is 0 Å². The lowest BCUT2D eigenvalue weighted by Gasteiger charge is -2.31. The molecule has 0 saturated heterocycles. The van der Waals surface area contributed by atoms with Crippen molar-refractivity contribution in [3.8, 4) is 0 Å². The summed E-state index contributed by atoms with van der Waals surface area (Å²) in [5.74, 6) is 0.902. The monoisotopic (exact) mass is 278 g/mol. The molecule has 0 aromatic heterocycles. The van der Waals surface area contributed by atoms with E-state index in [1.54, 1.807) is 7.11 Å². The van der Waals surface area contributed by atoms with Gasteiger partial charge in [0.2, 0.25) is 0 Å². The highest BCUT2D eigenvalue weighted by molar-refractivity contribution is 7.80. The predicted molar refractivity (Wildman–Crippen MR) is 79.6 cm³/mol. The van der Waals surface area contributed by atoms with E-state index in [9.17, 15) is 0 Å². The van der Waals surface area contributed by atoms with Crippen molar-refractivity contribution in [3.05, 3.63) is 0 Å². The molecule has 0 aliphatic heterocycles. The molecule has 0 amide bonds. The van der Waals surface area contributed by atoms with Gasteiger partial charge in [0.25, 0.3) is 0 Å². The lowest BCUT2D eigenvalue weighted by atomic mass is 9.82. The van der Waals surface area contributed by atoms with E-state index in [1.807, 2.05) is 0 Å². The Morgan fingerprint density at radius 1 is 0.889 bits per heavy atom. The van der Waals surface area contributed by atoms with Crippen LogP contribution >= 0.6 is 12.6 Å². The molecular formula is C14H30O3S. The summed E-state index contributed by atoms with van der Waals surface area (Å²) in [5.41, 5.74) is 0.249. The van der Waals surface area contributed by atoms with E-state index in [0.29, 0.717) is 26.4 Å². The zero-order valence-corrected chi connectivity index (χ0v) is 13.1. The molecule has 0 saturated carbocycles. The van der Waals surface area contributed by atoms with E-state index < -0.39 is 0 Å². The first-order valence-electron chi connectivity index (χ1n) is 7.00. The summed E-state index contributed by atoms with van der Waals surface area (Å²) in [5, 5.41) is 0. The molecule has 0 heterocycles. The maximum absolute atomic E-state index is 5.76. The number of thiol groups is 1. The molecular weight excluding hydrogens is 248 g/mol. The van der Waals surface area contributed by atoms with E-state index >= 15 is 0 Å². The second-order valence-corrected chi connectivity index (χ2v) is 5.13. The van der Waals surface area contributed by atoms with E-state index in [0.717, 1.165) is 12.4 Å². The van der Waals surface area contributed by atoms with Gasteiger partial charge in [0.05, 0.1) is 33.0 Å². The van der Waals surface area contributed by atoms with Crippen LogP contribution in [0.2, 0.25) is 0 Å². The number of hydrogen-bond donors (Lipinski definition) is 1. The molecule has 0 aromatic rings. The molecule has 4 heteroatoms. The van der Waals surface area contributed by atoms with E-state index in [4.69, 9.17) is 14.2 Å². The van der Waals surface area contributed by atoms with Crippen LogP contribution in [0.4, 0.5) is 0 Å². The summed E-state index contributed by atoms with van der Waals surface area (Å²) in [7, 11) is 1.68. The number of rotatable bonds is 13. The molecule has 0 aliphatic rings. The lowest BCUT2D eigenvalue weighted by molar-refractivity contribution is -0.00457. The fourth-order valence-electron chi connectivity index (χ4n) is 2.18. The standard InChI is InChI=1S/C14H30O3S/c1-4-6-14(13-18,7-5-2)12-17-11-10-16-9-8-15-3/h18H,4-13H2,1-3H3. The Morgan fingerprint density at radius 2 is 1.44 bits per heavy atom. The fraction of sp³-hybridized carbons (Fsp3) is 1.00. The molecule has 0 N–H and O–H groups in total. The van der Waals surface area contributed by atoms with Crippen LogP contribution in [0.1, 0.15) is 39.5 Å². The van der Waals surface area contributed by atoms with Gasteiger partial charge in [0.15, 0.2) is 0 Å². The highest BCUT2D eigenvalue weighted by Crippen LogP contribution is 2.31. The summed E-state index contributed by atoms with van der Waals surface area (Å²) in [4.78, 5) is 0. The third kappa shape index (κ3) is 8.35. The number of hydrogen-bond acceptors (Lipinski definition) is 4. The zero-order valence-electron chi connectivity index (χ0n) is 12.2. The van der Waals surface area contributed by atoms with Crippen LogP contribution in [0.5, 0.6) is 0 Å². The van der Waals surface area contributed by atoms with Crippen molar-refractivity contribution in [3.63, 3.8) is 0 Å². The maximum Gasteiger partial charge on any atom is 0.0701 e. The highest BCUT2D eigenvalue weighted by Gasteiger charge is 2.26. The van der Waals surface area contributed by atoms with Crippen LogP contribution in [0.25, 0.3) is 0 Å². The largest absolute Gasteiger partial charge is 0.382 e. The van der Waals surface area contributed by atoms with Crippen molar-refractivity contribution < 1.29 is 14.2 Å². The van der Waals surface area contributed by atoms with Crippen LogP contribution in [0.3, 0.4) is 0 Å². The summed E-state index contributed by atoms with van der Waals surface area (Å²) in [6.07, 6.45) is 4.76. The second-order valence-electron chi connectivity index (χ2n) is 4.82. The van der Waals surface area contributed by atoms with Crippen LogP contribution in [0, 0.1) is 5.41 Å². The minimum atomic E-state index is 0.249. The normalized spacial score (nSPS) is 12.0. The molecule has 0 bridgehead atoms. The minimum Gasteiger partial charge on any atom is -0.382 e. The summed E-state index contributed by atoms with van der Waals surface area (Å²) >= 11 is 4.51. The van der Waals surface area contributed by atoms with Crippen LogP contribution in [0.15, 0.2) is 0 Å². The highest BCUT2D eigenvalue weighted by atomic mass is 32.1. The quantitative estimate of drug-likeness (QED) is 0.414. The Kier molecular flexibility index (Phi) is 12.4. The van der Waals surface area contributed by atoms with Crippen molar-refractivity contribution in [1.82, 2.24) is 0 Å². The van der Waals surface area contributed by atoms with Crippen LogP contribution in [-0.4, -0.2) is 45.9 Å². The third-order valence-electron chi connectivity index (χ3n) is 3.11. The number of ether oxygens (including phenoxy) is 3. The Balaban J connectivity index is 3.75. The van der Waals surface area contributed by atoms with Crippen LogP contribution in [-0.2, 0) is 14.2 Å². The predicted octanol–water partition coefficient (Wildman–Crippen LogP) is 3.18. The van der Waals surface area contributed by atoms with Gasteiger partial charge in [-0.05, 0) is 18.6 Å². The summed E-state index contributed by atoms with van der Waals surface area (Å²) < 4.78 is 16.0. The van der Waals surface area contributed by atoms with Crippen molar-refractivity contribution >= 4 is 12.6 Å². The molecule has 0 rings (SSSR count). The van der Waals surface area contributed by atoms with Gasteiger partial charge in [-0.1, -0.05) is 26.7 Å². The average molecular weight is 278 g/mol. The van der Waals surface area contributed by atoms with Gasteiger partial charge in [0.1, 0.15) is 0 Å². The molecule has 0 fully saturated rings. The molecule has 0 aliphatic carbocycles. The van der Waals surface area contributed by atoms with E-state index in [2.05, 4.69) is 26.5 Å². The summed E-state index contributed by atoms with van der Waals surface area (Å²) in [6.45, 7) is 7.83. The molecule has 0 spiro atoms. The molecule has 0 aromatic carbocycles. The van der Waals surface area contributed by atoms with Gasteiger partial charge in [-0.15, -0.1) is 0 Å². The van der Waals surface area contributed by atoms with Gasteiger partial charge < -0.3 is 14.2 Å². The zero-order chi connectivity index (χ0) is 13.7. The van der Waals surface area contributed by atoms with Crippen molar-refractivity contribution in [1.29, 1.82) is 0 Å². The van der Waals surface area contributed by atoms with Crippen molar-refractivity contribution in [2.24, 2.45) is 5.41 Å². The molecule has 18 heavy (non-hydrogen) atoms. The topological polar surface area (TPSA) is 27.7 Å². The Morgan fingerprint density at radius 3 is 1.94 bits per heavy atom. The third-order valence-corrected chi connectivity index (χ3v) is 3.78. The van der Waals surface area contributed by atoms with Crippen molar-refractivity contribution in [2.75, 3.05) is 45.9 Å². The molecule has 0 unspecified atom stereocenters. The first-order chi connectivity index (χ1) is 8.74. The molecule has 0 radical (unpaired) electrons. The molecule has 110 valence electrons. The number of methoxy groups -OCH3 is 1. The van der Waals surface area contributed by atoms with Gasteiger partial charge >= 0.3 is 0 Å². The SMILES string of the molecule is CCCC(CS)(CCC)COCCOCCOC. The van der Waals surface area contributed by atoms with Crippen LogP contribution < -0.4 is 0 Å². The molecule has 0 atom stereocenters. The fourth-order valence-corrected chi connectivity index (χ4v) is 2.59. The van der Waals surface area contributed by atoms with Crippen molar-refractivity contribution in [2.45, 2.75) is 39.5 Å². The Hall–Kier alpha value is 0.230. The van der Waals surface area contributed by atoms with E-state index in [-0.39, 0.29) is 5.41 Å². The molecule has 3 nitrogen and oxygen atoms in total. The summed E-state index contributed by atoms with van der Waals surface area (Å²) in [6, 6.07) is 0. The van der Waals surface area contributed by atoms with Gasteiger partial charge in [-0.3, -0.25) is 0 Å². The smallest absolute Gasteiger partial charge is 0.0701 e.